The number of halogens is 1. The third-order valence-corrected chi connectivity index (χ3v) is 5.22. The van der Waals surface area contributed by atoms with Crippen LogP contribution in [0.5, 0.6) is 5.75 Å². The van der Waals surface area contributed by atoms with E-state index in [1.807, 2.05) is 42.5 Å². The molecule has 0 aliphatic carbocycles. The van der Waals surface area contributed by atoms with Gasteiger partial charge in [-0.3, -0.25) is 4.99 Å². The average Bonchev–Trinajstić information content (AvgIpc) is 2.68. The Kier molecular flexibility index (Phi) is 6.24. The third kappa shape index (κ3) is 5.17. The predicted molar refractivity (Wildman–Crippen MR) is 115 cm³/mol. The zero-order chi connectivity index (χ0) is 19.2. The smallest absolute Gasteiger partial charge is 0.335 e. The molecule has 136 valence electrons. The Bertz CT molecular complexity index is 981. The summed E-state index contributed by atoms with van der Waals surface area (Å²) in [6.07, 6.45) is 1.80. The summed E-state index contributed by atoms with van der Waals surface area (Å²) in [6.45, 7) is 2.42. The van der Waals surface area contributed by atoms with Gasteiger partial charge in [-0.05, 0) is 83.1 Å². The lowest BCUT2D eigenvalue weighted by molar-refractivity contribution is 0.0697. The molecule has 0 aromatic heterocycles. The van der Waals surface area contributed by atoms with Crippen molar-refractivity contribution in [1.82, 2.24) is 0 Å². The zero-order valence-corrected chi connectivity index (χ0v) is 16.9. The molecule has 0 saturated carbocycles. The summed E-state index contributed by atoms with van der Waals surface area (Å²) in [7, 11) is 0. The van der Waals surface area contributed by atoms with Crippen LogP contribution >= 0.6 is 22.6 Å². The molecule has 0 atom stereocenters. The molecule has 0 bridgehead atoms. The summed E-state index contributed by atoms with van der Waals surface area (Å²) in [4.78, 5) is 15.5. The Morgan fingerprint density at radius 1 is 1.11 bits per heavy atom. The van der Waals surface area contributed by atoms with Crippen LogP contribution in [0, 0.1) is 10.5 Å². The first-order chi connectivity index (χ1) is 13.0. The van der Waals surface area contributed by atoms with E-state index >= 15 is 0 Å². The molecule has 4 nitrogen and oxygen atoms in total. The van der Waals surface area contributed by atoms with Crippen LogP contribution in [0.4, 0.5) is 5.69 Å². The lowest BCUT2D eigenvalue weighted by atomic mass is 10.1. The molecular weight excluding hydrogens is 453 g/mol. The van der Waals surface area contributed by atoms with Gasteiger partial charge in [0.25, 0.3) is 0 Å². The Hall–Kier alpha value is -2.67. The van der Waals surface area contributed by atoms with Gasteiger partial charge in [0.1, 0.15) is 12.4 Å². The van der Waals surface area contributed by atoms with Crippen molar-refractivity contribution < 1.29 is 14.6 Å². The minimum atomic E-state index is -0.935. The molecule has 0 heterocycles. The van der Waals surface area contributed by atoms with Gasteiger partial charge >= 0.3 is 5.97 Å². The van der Waals surface area contributed by atoms with Crippen LogP contribution in [0.15, 0.2) is 71.7 Å². The second-order valence-electron chi connectivity index (χ2n) is 6.02. The van der Waals surface area contributed by atoms with Crippen LogP contribution < -0.4 is 4.74 Å². The molecule has 0 fully saturated rings. The highest BCUT2D eigenvalue weighted by Crippen LogP contribution is 2.22. The maximum Gasteiger partial charge on any atom is 0.335 e. The van der Waals surface area contributed by atoms with E-state index in [9.17, 15) is 4.79 Å². The van der Waals surface area contributed by atoms with E-state index in [1.165, 1.54) is 9.13 Å². The number of benzene rings is 3. The van der Waals surface area contributed by atoms with Crippen LogP contribution in [0.2, 0.25) is 0 Å². The molecule has 0 unspecified atom stereocenters. The van der Waals surface area contributed by atoms with Crippen molar-refractivity contribution in [3.8, 4) is 5.75 Å². The summed E-state index contributed by atoms with van der Waals surface area (Å²) in [5.74, 6) is -0.208. The van der Waals surface area contributed by atoms with Crippen LogP contribution in [0.25, 0.3) is 0 Å². The highest BCUT2D eigenvalue weighted by Gasteiger charge is 2.04. The van der Waals surface area contributed by atoms with Crippen molar-refractivity contribution in [3.05, 3.63) is 92.6 Å². The summed E-state index contributed by atoms with van der Waals surface area (Å²) < 4.78 is 7.13. The molecule has 0 aliphatic heterocycles. The van der Waals surface area contributed by atoms with Crippen LogP contribution in [-0.4, -0.2) is 17.3 Å². The molecule has 3 rings (SSSR count). The molecule has 0 spiro atoms. The maximum absolute atomic E-state index is 10.9. The Morgan fingerprint density at radius 2 is 1.85 bits per heavy atom. The number of rotatable bonds is 6. The number of hydrogen-bond donors (Lipinski definition) is 1. The number of carboxylic acids is 1. The Balaban J connectivity index is 1.72. The van der Waals surface area contributed by atoms with Crippen molar-refractivity contribution in [2.45, 2.75) is 13.5 Å². The molecule has 0 amide bonds. The van der Waals surface area contributed by atoms with Crippen LogP contribution in [0.1, 0.15) is 27.0 Å². The van der Waals surface area contributed by atoms with E-state index in [-0.39, 0.29) is 5.56 Å². The van der Waals surface area contributed by atoms with Crippen LogP contribution in [0.3, 0.4) is 0 Å². The fourth-order valence-electron chi connectivity index (χ4n) is 2.48. The number of aromatic carboxylic acids is 1. The van der Waals surface area contributed by atoms with Crippen LogP contribution in [-0.2, 0) is 6.61 Å². The minimum Gasteiger partial charge on any atom is -0.488 e. The monoisotopic (exact) mass is 471 g/mol. The van der Waals surface area contributed by atoms with Gasteiger partial charge in [0, 0.05) is 15.3 Å². The average molecular weight is 471 g/mol. The standard InChI is InChI=1S/C22H18INO3/c1-15-12-19(10-11-20(15)23)24-13-18-4-2-3-5-21(18)27-14-16-6-8-17(9-7-16)22(25)26/h2-13H,14H2,1H3,(H,25,26). The van der Waals surface area contributed by atoms with E-state index in [2.05, 4.69) is 34.5 Å². The molecule has 27 heavy (non-hydrogen) atoms. The highest BCUT2D eigenvalue weighted by molar-refractivity contribution is 14.1. The molecular formula is C22H18INO3. The van der Waals surface area contributed by atoms with Gasteiger partial charge in [0.05, 0.1) is 11.3 Å². The molecule has 3 aromatic rings. The van der Waals surface area contributed by atoms with Gasteiger partial charge in [0.2, 0.25) is 0 Å². The van der Waals surface area contributed by atoms with Gasteiger partial charge in [-0.15, -0.1) is 0 Å². The molecule has 0 saturated heterocycles. The number of aliphatic imine (C=N–C) groups is 1. The number of aryl methyl sites for hydroxylation is 1. The lowest BCUT2D eigenvalue weighted by Gasteiger charge is -2.09. The van der Waals surface area contributed by atoms with Crippen molar-refractivity contribution in [3.63, 3.8) is 0 Å². The second kappa shape index (κ2) is 8.81. The van der Waals surface area contributed by atoms with Gasteiger partial charge < -0.3 is 9.84 Å². The van der Waals surface area contributed by atoms with Gasteiger partial charge in [-0.1, -0.05) is 24.3 Å². The number of ether oxygens (including phenoxy) is 1. The number of nitrogens with zero attached hydrogens (tertiary/aromatic N) is 1. The molecule has 1 N–H and O–H groups in total. The molecule has 0 aliphatic rings. The SMILES string of the molecule is Cc1cc(N=Cc2ccccc2OCc2ccc(C(=O)O)cc2)ccc1I. The van der Waals surface area contributed by atoms with Crippen molar-refractivity contribution >= 4 is 40.5 Å². The number of para-hydroxylation sites is 1. The lowest BCUT2D eigenvalue weighted by Crippen LogP contribution is -2.00. The zero-order valence-electron chi connectivity index (χ0n) is 14.7. The van der Waals surface area contributed by atoms with E-state index < -0.39 is 5.97 Å². The van der Waals surface area contributed by atoms with Crippen molar-refractivity contribution in [1.29, 1.82) is 0 Å². The van der Waals surface area contributed by atoms with Gasteiger partial charge in [0.15, 0.2) is 0 Å². The first-order valence-corrected chi connectivity index (χ1v) is 9.45. The normalized spacial score (nSPS) is 10.9. The minimum absolute atomic E-state index is 0.263. The van der Waals surface area contributed by atoms with Gasteiger partial charge in [-0.2, -0.15) is 0 Å². The fraction of sp³-hybridized carbons (Fsp3) is 0.0909. The number of carboxylic acid groups (broad SMARTS) is 1. The first-order valence-electron chi connectivity index (χ1n) is 8.37. The molecule has 5 heteroatoms. The van der Waals surface area contributed by atoms with E-state index in [4.69, 9.17) is 9.84 Å². The Labute approximate surface area is 171 Å². The maximum atomic E-state index is 10.9. The van der Waals surface area contributed by atoms with Gasteiger partial charge in [-0.25, -0.2) is 4.79 Å². The fourth-order valence-corrected chi connectivity index (χ4v) is 2.81. The number of hydrogen-bond acceptors (Lipinski definition) is 3. The summed E-state index contributed by atoms with van der Waals surface area (Å²) in [6, 6.07) is 20.4. The number of carbonyl (C=O) groups is 1. The highest BCUT2D eigenvalue weighted by atomic mass is 127. The van der Waals surface area contributed by atoms with E-state index in [0.717, 1.165) is 22.6 Å². The second-order valence-corrected chi connectivity index (χ2v) is 7.18. The van der Waals surface area contributed by atoms with Crippen molar-refractivity contribution in [2.24, 2.45) is 4.99 Å². The van der Waals surface area contributed by atoms with E-state index in [0.29, 0.717) is 6.61 Å². The third-order valence-electron chi connectivity index (χ3n) is 4.01. The summed E-state index contributed by atoms with van der Waals surface area (Å²) >= 11 is 2.30. The summed E-state index contributed by atoms with van der Waals surface area (Å²) in [5, 5.41) is 8.96. The van der Waals surface area contributed by atoms with Crippen molar-refractivity contribution in [2.75, 3.05) is 0 Å². The topological polar surface area (TPSA) is 58.9 Å². The predicted octanol–water partition coefficient (Wildman–Crippen LogP) is 5.63. The first kappa shape index (κ1) is 19.1. The largest absolute Gasteiger partial charge is 0.488 e. The molecule has 0 radical (unpaired) electrons. The Morgan fingerprint density at radius 3 is 2.56 bits per heavy atom. The van der Waals surface area contributed by atoms with E-state index in [1.54, 1.807) is 30.5 Å². The quantitative estimate of drug-likeness (QED) is 0.375. The molecule has 3 aromatic carbocycles. The summed E-state index contributed by atoms with van der Waals surface area (Å²) in [5.41, 5.74) is 4.14.